The minimum atomic E-state index is -0.521. The lowest BCUT2D eigenvalue weighted by Gasteiger charge is -2.35. The van der Waals surface area contributed by atoms with E-state index in [-0.39, 0.29) is 23.7 Å². The van der Waals surface area contributed by atoms with Crippen molar-refractivity contribution < 1.29 is 9.53 Å². The van der Waals surface area contributed by atoms with E-state index in [0.717, 1.165) is 5.56 Å². The lowest BCUT2D eigenvalue weighted by atomic mass is 10.0. The number of nitrogens with two attached hydrogens (primary N) is 1. The monoisotopic (exact) mass is 386 g/mol. The molecule has 152 valence electrons. The average Bonchev–Trinajstić information content (AvgIpc) is 2.60. The summed E-state index contributed by atoms with van der Waals surface area (Å²) in [6, 6.07) is 5.28. The summed E-state index contributed by atoms with van der Waals surface area (Å²) in [6.45, 7) is 10.4. The van der Waals surface area contributed by atoms with Gasteiger partial charge in [0.25, 0.3) is 5.56 Å². The second kappa shape index (κ2) is 7.54. The predicted octanol–water partition coefficient (Wildman–Crippen LogP) is 3.30. The number of piperidine rings is 1. The van der Waals surface area contributed by atoms with Crippen LogP contribution in [0.2, 0.25) is 0 Å². The SMILES string of the molecule is Cc1cccc2nc([C@H](C)N)n(C3CCN(C(=O)OC(C)(C)C)CC3)c(=O)c12. The summed E-state index contributed by atoms with van der Waals surface area (Å²) in [5, 5.41) is 0.640. The Morgan fingerprint density at radius 3 is 2.50 bits per heavy atom. The van der Waals surface area contributed by atoms with Gasteiger partial charge in [0.2, 0.25) is 0 Å². The fraction of sp³-hybridized carbons (Fsp3) is 0.571. The highest BCUT2D eigenvalue weighted by atomic mass is 16.6. The quantitative estimate of drug-likeness (QED) is 0.855. The minimum absolute atomic E-state index is 0.0382. The molecule has 0 saturated carbocycles. The van der Waals surface area contributed by atoms with E-state index < -0.39 is 5.60 Å². The number of fused-ring (bicyclic) bond motifs is 1. The first-order chi connectivity index (χ1) is 13.1. The summed E-state index contributed by atoms with van der Waals surface area (Å²) in [7, 11) is 0. The Morgan fingerprint density at radius 2 is 1.93 bits per heavy atom. The highest BCUT2D eigenvalue weighted by Crippen LogP contribution is 2.26. The fourth-order valence-corrected chi connectivity index (χ4v) is 3.73. The van der Waals surface area contributed by atoms with Crippen LogP contribution in [0.3, 0.4) is 0 Å². The van der Waals surface area contributed by atoms with E-state index in [1.54, 1.807) is 9.47 Å². The van der Waals surface area contributed by atoms with Crippen molar-refractivity contribution in [2.24, 2.45) is 5.73 Å². The topological polar surface area (TPSA) is 90.5 Å². The normalized spacial score (nSPS) is 17.0. The van der Waals surface area contributed by atoms with Gasteiger partial charge in [0, 0.05) is 19.1 Å². The van der Waals surface area contributed by atoms with Crippen molar-refractivity contribution in [3.05, 3.63) is 39.9 Å². The summed E-state index contributed by atoms with van der Waals surface area (Å²) in [6.07, 6.45) is 1.02. The van der Waals surface area contributed by atoms with Crippen LogP contribution in [0, 0.1) is 6.92 Å². The number of hydrogen-bond donors (Lipinski definition) is 1. The van der Waals surface area contributed by atoms with E-state index in [1.807, 2.05) is 52.8 Å². The van der Waals surface area contributed by atoms with Crippen molar-refractivity contribution in [3.63, 3.8) is 0 Å². The molecule has 7 nitrogen and oxygen atoms in total. The third kappa shape index (κ3) is 4.04. The number of hydrogen-bond acceptors (Lipinski definition) is 5. The highest BCUT2D eigenvalue weighted by Gasteiger charge is 2.30. The van der Waals surface area contributed by atoms with E-state index in [9.17, 15) is 9.59 Å². The Labute approximate surface area is 165 Å². The smallest absolute Gasteiger partial charge is 0.410 e. The lowest BCUT2D eigenvalue weighted by Crippen LogP contribution is -2.44. The molecule has 0 radical (unpaired) electrons. The molecule has 28 heavy (non-hydrogen) atoms. The van der Waals surface area contributed by atoms with Crippen LogP contribution in [0.5, 0.6) is 0 Å². The first-order valence-electron chi connectivity index (χ1n) is 9.84. The molecule has 1 aromatic carbocycles. The highest BCUT2D eigenvalue weighted by molar-refractivity contribution is 5.81. The molecule has 1 aliphatic rings. The van der Waals surface area contributed by atoms with E-state index in [4.69, 9.17) is 15.5 Å². The van der Waals surface area contributed by atoms with Crippen molar-refractivity contribution in [1.29, 1.82) is 0 Å². The predicted molar refractivity (Wildman–Crippen MR) is 109 cm³/mol. The van der Waals surface area contributed by atoms with Gasteiger partial charge >= 0.3 is 6.09 Å². The Hall–Kier alpha value is -2.41. The molecule has 1 saturated heterocycles. The Balaban J connectivity index is 1.91. The zero-order valence-electron chi connectivity index (χ0n) is 17.4. The Morgan fingerprint density at radius 1 is 1.29 bits per heavy atom. The van der Waals surface area contributed by atoms with Gasteiger partial charge in [0.15, 0.2) is 0 Å². The van der Waals surface area contributed by atoms with Gasteiger partial charge in [-0.2, -0.15) is 0 Å². The number of ether oxygens (including phenoxy) is 1. The number of rotatable bonds is 2. The van der Waals surface area contributed by atoms with Crippen LogP contribution in [0.15, 0.2) is 23.0 Å². The number of amides is 1. The molecule has 2 aromatic rings. The zero-order valence-corrected chi connectivity index (χ0v) is 17.4. The molecular weight excluding hydrogens is 356 g/mol. The molecule has 1 amide bonds. The van der Waals surface area contributed by atoms with Gasteiger partial charge in [-0.1, -0.05) is 12.1 Å². The van der Waals surface area contributed by atoms with Crippen LogP contribution in [0.1, 0.15) is 64.0 Å². The third-order valence-electron chi connectivity index (χ3n) is 5.05. The molecule has 1 aliphatic heterocycles. The summed E-state index contributed by atoms with van der Waals surface area (Å²) >= 11 is 0. The van der Waals surface area contributed by atoms with Crippen molar-refractivity contribution in [1.82, 2.24) is 14.5 Å². The van der Waals surface area contributed by atoms with Gasteiger partial charge in [-0.25, -0.2) is 9.78 Å². The molecule has 2 N–H and O–H groups in total. The average molecular weight is 386 g/mol. The van der Waals surface area contributed by atoms with Crippen LogP contribution in [0.4, 0.5) is 4.79 Å². The third-order valence-corrected chi connectivity index (χ3v) is 5.05. The molecule has 1 aromatic heterocycles. The van der Waals surface area contributed by atoms with Gasteiger partial charge < -0.3 is 15.4 Å². The summed E-state index contributed by atoms with van der Waals surface area (Å²) in [5.41, 5.74) is 7.18. The number of benzene rings is 1. The number of likely N-dealkylation sites (tertiary alicyclic amines) is 1. The maximum absolute atomic E-state index is 13.3. The molecule has 2 heterocycles. The van der Waals surface area contributed by atoms with Crippen LogP contribution in [0.25, 0.3) is 10.9 Å². The van der Waals surface area contributed by atoms with Crippen molar-refractivity contribution in [2.45, 2.75) is 65.1 Å². The van der Waals surface area contributed by atoms with Crippen molar-refractivity contribution >= 4 is 17.0 Å². The molecule has 0 aliphatic carbocycles. The van der Waals surface area contributed by atoms with E-state index in [0.29, 0.717) is 42.7 Å². The number of carbonyl (C=O) groups is 1. The molecule has 1 atom stereocenters. The number of aromatic nitrogens is 2. The van der Waals surface area contributed by atoms with Gasteiger partial charge in [0.1, 0.15) is 11.4 Å². The first-order valence-corrected chi connectivity index (χ1v) is 9.84. The lowest BCUT2D eigenvalue weighted by molar-refractivity contribution is 0.0186. The van der Waals surface area contributed by atoms with Gasteiger partial charge in [-0.15, -0.1) is 0 Å². The maximum Gasteiger partial charge on any atom is 0.410 e. The van der Waals surface area contributed by atoms with Crippen molar-refractivity contribution in [2.75, 3.05) is 13.1 Å². The molecule has 0 bridgehead atoms. The van der Waals surface area contributed by atoms with Gasteiger partial charge in [-0.05, 0) is 59.1 Å². The molecular formula is C21H30N4O3. The number of carbonyl (C=O) groups excluding carboxylic acids is 1. The van der Waals surface area contributed by atoms with E-state index in [1.165, 1.54) is 0 Å². The molecule has 0 spiro atoms. The first kappa shape index (κ1) is 20.3. The fourth-order valence-electron chi connectivity index (χ4n) is 3.73. The maximum atomic E-state index is 13.3. The molecule has 7 heteroatoms. The van der Waals surface area contributed by atoms with Crippen LogP contribution < -0.4 is 11.3 Å². The summed E-state index contributed by atoms with van der Waals surface area (Å²) in [5.74, 6) is 0.596. The standard InChI is InChI=1S/C21H30N4O3/c1-13-7-6-8-16-17(13)19(26)25(18(23-16)14(2)22)15-9-11-24(12-10-15)20(27)28-21(3,4)5/h6-8,14-15H,9-12,22H2,1-5H3/t14-/m0/s1. The van der Waals surface area contributed by atoms with E-state index in [2.05, 4.69) is 0 Å². The Kier molecular flexibility index (Phi) is 5.48. The minimum Gasteiger partial charge on any atom is -0.444 e. The molecule has 0 unspecified atom stereocenters. The van der Waals surface area contributed by atoms with E-state index >= 15 is 0 Å². The van der Waals surface area contributed by atoms with Crippen LogP contribution in [-0.2, 0) is 4.74 Å². The second-order valence-electron chi connectivity index (χ2n) is 8.60. The number of aryl methyl sites for hydroxylation is 1. The largest absolute Gasteiger partial charge is 0.444 e. The molecule has 1 fully saturated rings. The zero-order chi connectivity index (χ0) is 20.6. The van der Waals surface area contributed by atoms with Crippen LogP contribution in [-0.4, -0.2) is 39.2 Å². The summed E-state index contributed by atoms with van der Waals surface area (Å²) < 4.78 is 7.22. The van der Waals surface area contributed by atoms with Gasteiger partial charge in [-0.3, -0.25) is 9.36 Å². The molecule has 3 rings (SSSR count). The number of nitrogens with zero attached hydrogens (tertiary/aromatic N) is 3. The van der Waals surface area contributed by atoms with Crippen LogP contribution >= 0.6 is 0 Å². The Bertz CT molecular complexity index is 935. The van der Waals surface area contributed by atoms with Gasteiger partial charge in [0.05, 0.1) is 16.9 Å². The summed E-state index contributed by atoms with van der Waals surface area (Å²) in [4.78, 5) is 32.1. The second-order valence-corrected chi connectivity index (χ2v) is 8.60. The van der Waals surface area contributed by atoms with Crippen molar-refractivity contribution in [3.8, 4) is 0 Å².